The molecule has 34 heavy (non-hydrogen) atoms. The number of nitrogens with zero attached hydrogens (tertiary/aromatic N) is 1. The molecule has 0 spiro atoms. The molecule has 0 saturated heterocycles. The summed E-state index contributed by atoms with van der Waals surface area (Å²) in [6.45, 7) is 0.381. The Labute approximate surface area is 213 Å². The van der Waals surface area contributed by atoms with Crippen LogP contribution < -0.4 is 10.1 Å². The van der Waals surface area contributed by atoms with Crippen molar-refractivity contribution in [3.05, 3.63) is 105 Å². The Kier molecular flexibility index (Phi) is 7.31. The van der Waals surface area contributed by atoms with E-state index in [1.807, 2.05) is 30.3 Å². The lowest BCUT2D eigenvalue weighted by molar-refractivity contribution is -0.112. The second-order valence-electron chi connectivity index (χ2n) is 7.41. The highest BCUT2D eigenvalue weighted by Gasteiger charge is 2.13. The number of carbonyl (C=O) groups is 1. The number of nitriles is 1. The Morgan fingerprint density at radius 1 is 1.00 bits per heavy atom. The summed E-state index contributed by atoms with van der Waals surface area (Å²) in [6.07, 6.45) is 1.50. The van der Waals surface area contributed by atoms with Crippen LogP contribution in [0, 0.1) is 11.3 Å². The third kappa shape index (κ3) is 5.48. The first-order chi connectivity index (χ1) is 16.4. The first kappa shape index (κ1) is 23.6. The number of benzene rings is 4. The first-order valence-electron chi connectivity index (χ1n) is 10.3. The number of amides is 1. The molecule has 0 fully saturated rings. The molecule has 0 aliphatic carbocycles. The zero-order valence-corrected chi connectivity index (χ0v) is 20.9. The fourth-order valence-electron chi connectivity index (χ4n) is 3.43. The average molecular weight is 578 g/mol. The molecule has 5 nitrogen and oxygen atoms in total. The van der Waals surface area contributed by atoms with Crippen LogP contribution in [0.5, 0.6) is 11.5 Å². The van der Waals surface area contributed by atoms with Crippen molar-refractivity contribution in [1.82, 2.24) is 0 Å². The zero-order chi connectivity index (χ0) is 24.1. The van der Waals surface area contributed by atoms with E-state index in [2.05, 4.69) is 55.4 Å². The number of rotatable bonds is 6. The smallest absolute Gasteiger partial charge is 0.266 e. The number of phenolic OH excluding ortho intramolecular Hbond substituents is 1. The van der Waals surface area contributed by atoms with Gasteiger partial charge in [0.15, 0.2) is 0 Å². The van der Waals surface area contributed by atoms with Crippen molar-refractivity contribution < 1.29 is 14.6 Å². The minimum absolute atomic E-state index is 0.0590. The van der Waals surface area contributed by atoms with Crippen molar-refractivity contribution in [3.8, 4) is 17.6 Å². The minimum atomic E-state index is -0.545. The molecule has 2 N–H and O–H groups in total. The summed E-state index contributed by atoms with van der Waals surface area (Å²) in [5.41, 5.74) is 2.13. The quantitative estimate of drug-likeness (QED) is 0.144. The normalized spacial score (nSPS) is 11.1. The number of hydrogen-bond donors (Lipinski definition) is 2. The third-order valence-electron chi connectivity index (χ3n) is 5.07. The summed E-state index contributed by atoms with van der Waals surface area (Å²) in [6, 6.07) is 25.8. The second kappa shape index (κ2) is 10.6. The number of carbonyl (C=O) groups excluding carboxylic acids is 1. The number of nitrogens with one attached hydrogen (secondary N) is 1. The lowest BCUT2D eigenvalue weighted by Gasteiger charge is -2.13. The van der Waals surface area contributed by atoms with Crippen LogP contribution in [0.25, 0.3) is 16.8 Å². The summed E-state index contributed by atoms with van der Waals surface area (Å²) in [7, 11) is 0. The Bertz CT molecular complexity index is 1410. The molecule has 4 aromatic rings. The molecule has 0 saturated carbocycles. The van der Waals surface area contributed by atoms with Crippen molar-refractivity contribution in [1.29, 1.82) is 5.26 Å². The Morgan fingerprint density at radius 3 is 2.38 bits per heavy atom. The summed E-state index contributed by atoms with van der Waals surface area (Å²) in [4.78, 5) is 12.5. The van der Waals surface area contributed by atoms with E-state index in [-0.39, 0.29) is 11.3 Å². The molecule has 0 bridgehead atoms. The average Bonchev–Trinajstić information content (AvgIpc) is 2.83. The number of aromatic hydroxyl groups is 1. The largest absolute Gasteiger partial charge is 0.508 e. The van der Waals surface area contributed by atoms with Gasteiger partial charge in [0.2, 0.25) is 0 Å². The van der Waals surface area contributed by atoms with E-state index in [1.165, 1.54) is 18.2 Å². The van der Waals surface area contributed by atoms with E-state index in [4.69, 9.17) is 4.74 Å². The molecule has 0 unspecified atom stereocenters. The molecule has 0 aliphatic rings. The summed E-state index contributed by atoms with van der Waals surface area (Å²) in [5.74, 6) is 0.167. The molecule has 0 aromatic heterocycles. The molecule has 0 heterocycles. The summed E-state index contributed by atoms with van der Waals surface area (Å²) in [5, 5.41) is 23.8. The van der Waals surface area contributed by atoms with Crippen LogP contribution in [-0.4, -0.2) is 11.0 Å². The lowest BCUT2D eigenvalue weighted by Crippen LogP contribution is -2.13. The van der Waals surface area contributed by atoms with Crippen LogP contribution in [0.2, 0.25) is 0 Å². The monoisotopic (exact) mass is 576 g/mol. The van der Waals surface area contributed by atoms with Gasteiger partial charge in [-0.05, 0) is 96.2 Å². The van der Waals surface area contributed by atoms with Gasteiger partial charge in [-0.25, -0.2) is 0 Å². The first-order valence-corrected chi connectivity index (χ1v) is 11.8. The topological polar surface area (TPSA) is 82.3 Å². The Hall–Kier alpha value is -3.60. The van der Waals surface area contributed by atoms with Crippen molar-refractivity contribution in [2.45, 2.75) is 6.61 Å². The van der Waals surface area contributed by atoms with E-state index in [1.54, 1.807) is 24.3 Å². The van der Waals surface area contributed by atoms with Gasteiger partial charge >= 0.3 is 0 Å². The number of phenols is 1. The predicted octanol–water partition coefficient (Wildman–Crippen LogP) is 7.20. The van der Waals surface area contributed by atoms with Crippen LogP contribution in [0.4, 0.5) is 5.69 Å². The maximum Gasteiger partial charge on any atom is 0.266 e. The Balaban J connectivity index is 1.53. The lowest BCUT2D eigenvalue weighted by atomic mass is 10.1. The standard InChI is InChI=1S/C27H18Br2N2O3/c28-24-13-17(12-20(15-30)27(33)31-21-8-10-22(32)11-9-21)14-25(29)26(24)34-16-19-6-3-5-18-4-1-2-7-23(18)19/h1-14,32H,16H2,(H,31,33)/b20-12+. The summed E-state index contributed by atoms with van der Waals surface area (Å²) >= 11 is 7.08. The number of hydrogen-bond acceptors (Lipinski definition) is 4. The molecular weight excluding hydrogens is 560 g/mol. The number of anilines is 1. The Morgan fingerprint density at radius 2 is 1.68 bits per heavy atom. The van der Waals surface area contributed by atoms with Crippen molar-refractivity contribution in [3.63, 3.8) is 0 Å². The van der Waals surface area contributed by atoms with Crippen LogP contribution in [0.15, 0.2) is 93.4 Å². The van der Waals surface area contributed by atoms with Gasteiger partial charge < -0.3 is 15.2 Å². The van der Waals surface area contributed by atoms with Crippen LogP contribution >= 0.6 is 31.9 Å². The van der Waals surface area contributed by atoms with Gasteiger partial charge in [0.25, 0.3) is 5.91 Å². The van der Waals surface area contributed by atoms with Crippen LogP contribution in [0.1, 0.15) is 11.1 Å². The molecule has 7 heteroatoms. The van der Waals surface area contributed by atoms with E-state index < -0.39 is 5.91 Å². The molecule has 0 radical (unpaired) electrons. The maximum atomic E-state index is 12.5. The third-order valence-corrected chi connectivity index (χ3v) is 6.25. The van der Waals surface area contributed by atoms with Gasteiger partial charge in [-0.3, -0.25) is 4.79 Å². The molecular formula is C27H18Br2N2O3. The molecule has 4 aromatic carbocycles. The highest BCUT2D eigenvalue weighted by Crippen LogP contribution is 2.36. The number of halogens is 2. The highest BCUT2D eigenvalue weighted by molar-refractivity contribution is 9.11. The van der Waals surface area contributed by atoms with Gasteiger partial charge in [0.05, 0.1) is 8.95 Å². The van der Waals surface area contributed by atoms with Gasteiger partial charge in [-0.1, -0.05) is 42.5 Å². The van der Waals surface area contributed by atoms with Crippen molar-refractivity contribution in [2.24, 2.45) is 0 Å². The fraction of sp³-hybridized carbons (Fsp3) is 0.0370. The highest BCUT2D eigenvalue weighted by atomic mass is 79.9. The molecule has 168 valence electrons. The predicted molar refractivity (Wildman–Crippen MR) is 140 cm³/mol. The van der Waals surface area contributed by atoms with E-state index in [9.17, 15) is 15.2 Å². The van der Waals surface area contributed by atoms with Crippen molar-refractivity contribution in [2.75, 3.05) is 5.32 Å². The van der Waals surface area contributed by atoms with Gasteiger partial charge in [0, 0.05) is 5.69 Å². The zero-order valence-electron chi connectivity index (χ0n) is 17.8. The second-order valence-corrected chi connectivity index (χ2v) is 9.12. The number of ether oxygens (including phenoxy) is 1. The van der Waals surface area contributed by atoms with Gasteiger partial charge in [-0.15, -0.1) is 0 Å². The van der Waals surface area contributed by atoms with Crippen LogP contribution in [0.3, 0.4) is 0 Å². The number of fused-ring (bicyclic) bond motifs is 1. The van der Waals surface area contributed by atoms with Gasteiger partial charge in [0.1, 0.15) is 29.7 Å². The van der Waals surface area contributed by atoms with E-state index >= 15 is 0 Å². The van der Waals surface area contributed by atoms with E-state index in [0.717, 1.165) is 16.3 Å². The molecule has 0 atom stereocenters. The SMILES string of the molecule is N#C/C(=C\c1cc(Br)c(OCc2cccc3ccccc23)c(Br)c1)C(=O)Nc1ccc(O)cc1. The molecule has 1 amide bonds. The summed E-state index contributed by atoms with van der Waals surface area (Å²) < 4.78 is 7.47. The van der Waals surface area contributed by atoms with E-state index in [0.29, 0.717) is 32.6 Å². The molecule has 0 aliphatic heterocycles. The minimum Gasteiger partial charge on any atom is -0.508 e. The van der Waals surface area contributed by atoms with Crippen LogP contribution in [-0.2, 0) is 11.4 Å². The van der Waals surface area contributed by atoms with Gasteiger partial charge in [-0.2, -0.15) is 5.26 Å². The van der Waals surface area contributed by atoms with Crippen molar-refractivity contribution >= 4 is 60.3 Å². The maximum absolute atomic E-state index is 12.5. The fourth-order valence-corrected chi connectivity index (χ4v) is 4.88. The molecule has 4 rings (SSSR count).